The fourth-order valence-electron chi connectivity index (χ4n) is 2.31. The van der Waals surface area contributed by atoms with Gasteiger partial charge in [-0.2, -0.15) is 0 Å². The molecule has 0 aliphatic carbocycles. The third-order valence-electron chi connectivity index (χ3n) is 3.76. The van der Waals surface area contributed by atoms with Crippen LogP contribution in [0, 0.1) is 17.0 Å². The fraction of sp³-hybridized carbons (Fsp3) is 0.500. The van der Waals surface area contributed by atoms with Crippen molar-refractivity contribution in [3.63, 3.8) is 0 Å². The number of nitrogens with two attached hydrogens (primary N) is 1. The Hall–Kier alpha value is -1.53. The number of carbonyl (C=O) groups excluding carboxylic acids is 1. The quantitative estimate of drug-likeness (QED) is 0.877. The summed E-state index contributed by atoms with van der Waals surface area (Å²) < 4.78 is 31.1. The largest absolute Gasteiger partial charge is 0.381 e. The van der Waals surface area contributed by atoms with Gasteiger partial charge in [0.25, 0.3) is 0 Å². The van der Waals surface area contributed by atoms with E-state index < -0.39 is 17.0 Å². The number of halogens is 2. The number of carbonyl (C=O) groups is 1. The molecule has 0 saturated carbocycles. The molecule has 1 aliphatic rings. The first-order valence-electron chi connectivity index (χ1n) is 6.57. The summed E-state index contributed by atoms with van der Waals surface area (Å²) in [7, 11) is 0. The molecule has 6 heteroatoms. The summed E-state index contributed by atoms with van der Waals surface area (Å²) in [5.74, 6) is -1.98. The van der Waals surface area contributed by atoms with E-state index in [0.29, 0.717) is 31.6 Å². The van der Waals surface area contributed by atoms with Gasteiger partial charge in [0.1, 0.15) is 0 Å². The molecule has 4 nitrogen and oxygen atoms in total. The van der Waals surface area contributed by atoms with Gasteiger partial charge in [0, 0.05) is 26.3 Å². The highest BCUT2D eigenvalue weighted by atomic mass is 19.2. The van der Waals surface area contributed by atoms with Crippen molar-refractivity contribution >= 4 is 5.91 Å². The van der Waals surface area contributed by atoms with E-state index >= 15 is 0 Å². The Morgan fingerprint density at radius 3 is 2.60 bits per heavy atom. The second-order valence-corrected chi connectivity index (χ2v) is 5.03. The zero-order chi connectivity index (χ0) is 14.6. The molecule has 0 bridgehead atoms. The smallest absolute Gasteiger partial charge is 0.227 e. The highest BCUT2D eigenvalue weighted by Gasteiger charge is 2.38. The Labute approximate surface area is 116 Å². The monoisotopic (exact) mass is 284 g/mol. The van der Waals surface area contributed by atoms with Crippen LogP contribution in [-0.2, 0) is 16.1 Å². The van der Waals surface area contributed by atoms with Crippen LogP contribution in [0.5, 0.6) is 0 Å². The molecule has 1 aromatic rings. The van der Waals surface area contributed by atoms with Crippen LogP contribution in [0.4, 0.5) is 8.78 Å². The number of benzene rings is 1. The van der Waals surface area contributed by atoms with Crippen molar-refractivity contribution in [3.8, 4) is 0 Å². The van der Waals surface area contributed by atoms with Crippen LogP contribution < -0.4 is 11.1 Å². The molecule has 1 heterocycles. The minimum absolute atomic E-state index is 0.151. The van der Waals surface area contributed by atoms with Crippen LogP contribution in [0.3, 0.4) is 0 Å². The van der Waals surface area contributed by atoms with Crippen molar-refractivity contribution in [2.75, 3.05) is 19.8 Å². The molecule has 1 aromatic carbocycles. The first kappa shape index (κ1) is 14.9. The third kappa shape index (κ3) is 3.13. The van der Waals surface area contributed by atoms with Crippen molar-refractivity contribution in [1.82, 2.24) is 5.32 Å². The first-order chi connectivity index (χ1) is 9.57. The molecule has 1 amide bonds. The minimum Gasteiger partial charge on any atom is -0.381 e. The van der Waals surface area contributed by atoms with Gasteiger partial charge in [-0.05, 0) is 30.5 Å². The van der Waals surface area contributed by atoms with E-state index in [1.807, 2.05) is 0 Å². The van der Waals surface area contributed by atoms with E-state index in [4.69, 9.17) is 10.5 Å². The standard InChI is InChI=1S/C14H18F2N2O2/c15-11-2-1-10(7-12(11)16)8-18-13(19)14(9-17)3-5-20-6-4-14/h1-2,7H,3-6,8-9,17H2,(H,18,19). The van der Waals surface area contributed by atoms with Crippen molar-refractivity contribution in [1.29, 1.82) is 0 Å². The lowest BCUT2D eigenvalue weighted by atomic mass is 9.79. The zero-order valence-corrected chi connectivity index (χ0v) is 11.1. The average Bonchev–Trinajstić information content (AvgIpc) is 2.48. The minimum atomic E-state index is -0.920. The number of hydrogen-bond donors (Lipinski definition) is 2. The molecule has 0 atom stereocenters. The van der Waals surface area contributed by atoms with E-state index in [9.17, 15) is 13.6 Å². The van der Waals surface area contributed by atoms with Gasteiger partial charge >= 0.3 is 0 Å². The summed E-state index contributed by atoms with van der Waals surface area (Å²) in [5.41, 5.74) is 5.62. The lowest BCUT2D eigenvalue weighted by Crippen LogP contribution is -2.48. The Kier molecular flexibility index (Phi) is 4.67. The molecule has 0 radical (unpaired) electrons. The number of hydrogen-bond acceptors (Lipinski definition) is 3. The van der Waals surface area contributed by atoms with Crippen LogP contribution in [-0.4, -0.2) is 25.7 Å². The van der Waals surface area contributed by atoms with Gasteiger partial charge in [-0.3, -0.25) is 4.79 Å². The Morgan fingerprint density at radius 1 is 1.30 bits per heavy atom. The predicted molar refractivity (Wildman–Crippen MR) is 69.7 cm³/mol. The summed E-state index contributed by atoms with van der Waals surface area (Å²) in [6, 6.07) is 3.57. The molecular weight excluding hydrogens is 266 g/mol. The average molecular weight is 284 g/mol. The van der Waals surface area contributed by atoms with Gasteiger partial charge in [0.05, 0.1) is 5.41 Å². The second kappa shape index (κ2) is 6.28. The number of ether oxygens (including phenoxy) is 1. The van der Waals surface area contributed by atoms with E-state index in [-0.39, 0.29) is 19.0 Å². The van der Waals surface area contributed by atoms with Crippen LogP contribution >= 0.6 is 0 Å². The van der Waals surface area contributed by atoms with Gasteiger partial charge in [0.2, 0.25) is 5.91 Å². The van der Waals surface area contributed by atoms with Gasteiger partial charge in [-0.25, -0.2) is 8.78 Å². The summed E-state index contributed by atoms with van der Waals surface area (Å²) in [6.45, 7) is 1.42. The predicted octanol–water partition coefficient (Wildman–Crippen LogP) is 1.34. The normalized spacial score (nSPS) is 17.8. The molecule has 1 aliphatic heterocycles. The van der Waals surface area contributed by atoms with Gasteiger partial charge < -0.3 is 15.8 Å². The SMILES string of the molecule is NCC1(C(=O)NCc2ccc(F)c(F)c2)CCOCC1. The second-order valence-electron chi connectivity index (χ2n) is 5.03. The van der Waals surface area contributed by atoms with E-state index in [1.54, 1.807) is 0 Å². The topological polar surface area (TPSA) is 64.4 Å². The maximum absolute atomic E-state index is 13.1. The maximum atomic E-state index is 13.1. The van der Waals surface area contributed by atoms with E-state index in [0.717, 1.165) is 12.1 Å². The number of rotatable bonds is 4. The summed E-state index contributed by atoms with van der Waals surface area (Å²) >= 11 is 0. The Balaban J connectivity index is 1.98. The van der Waals surface area contributed by atoms with Gasteiger partial charge in [-0.15, -0.1) is 0 Å². The highest BCUT2D eigenvalue weighted by molar-refractivity contribution is 5.83. The summed E-state index contributed by atoms with van der Waals surface area (Å²) in [4.78, 5) is 12.3. The molecular formula is C14H18F2N2O2. The Bertz CT molecular complexity index is 488. The van der Waals surface area contributed by atoms with Crippen molar-refractivity contribution in [2.45, 2.75) is 19.4 Å². The zero-order valence-electron chi connectivity index (χ0n) is 11.1. The molecule has 110 valence electrons. The summed E-state index contributed by atoms with van der Waals surface area (Å²) in [6.07, 6.45) is 1.15. The van der Waals surface area contributed by atoms with E-state index in [2.05, 4.69) is 5.32 Å². The van der Waals surface area contributed by atoms with Crippen molar-refractivity contribution < 1.29 is 18.3 Å². The molecule has 0 spiro atoms. The lowest BCUT2D eigenvalue weighted by molar-refractivity contribution is -0.136. The fourth-order valence-corrected chi connectivity index (χ4v) is 2.31. The van der Waals surface area contributed by atoms with Gasteiger partial charge in [0.15, 0.2) is 11.6 Å². The Morgan fingerprint density at radius 2 is 2.00 bits per heavy atom. The van der Waals surface area contributed by atoms with Crippen LogP contribution in [0.25, 0.3) is 0 Å². The molecule has 20 heavy (non-hydrogen) atoms. The molecule has 1 fully saturated rings. The van der Waals surface area contributed by atoms with Crippen LogP contribution in [0.1, 0.15) is 18.4 Å². The number of amides is 1. The first-order valence-corrected chi connectivity index (χ1v) is 6.57. The van der Waals surface area contributed by atoms with Crippen molar-refractivity contribution in [3.05, 3.63) is 35.4 Å². The van der Waals surface area contributed by atoms with Gasteiger partial charge in [-0.1, -0.05) is 6.07 Å². The molecule has 0 aromatic heterocycles. The van der Waals surface area contributed by atoms with E-state index in [1.165, 1.54) is 6.07 Å². The highest BCUT2D eigenvalue weighted by Crippen LogP contribution is 2.29. The maximum Gasteiger partial charge on any atom is 0.227 e. The molecule has 0 unspecified atom stereocenters. The molecule has 2 rings (SSSR count). The summed E-state index contributed by atoms with van der Waals surface area (Å²) in [5, 5.41) is 2.74. The van der Waals surface area contributed by atoms with Crippen molar-refractivity contribution in [2.24, 2.45) is 11.1 Å². The number of nitrogens with one attached hydrogen (secondary N) is 1. The molecule has 3 N–H and O–H groups in total. The molecule has 1 saturated heterocycles. The van der Waals surface area contributed by atoms with Crippen LogP contribution in [0.2, 0.25) is 0 Å². The van der Waals surface area contributed by atoms with Crippen LogP contribution in [0.15, 0.2) is 18.2 Å². The lowest BCUT2D eigenvalue weighted by Gasteiger charge is -2.34. The third-order valence-corrected chi connectivity index (χ3v) is 3.76.